The van der Waals surface area contributed by atoms with Gasteiger partial charge in [0.15, 0.2) is 0 Å². The summed E-state index contributed by atoms with van der Waals surface area (Å²) in [7, 11) is 0. The molecule has 20 heavy (non-hydrogen) atoms. The summed E-state index contributed by atoms with van der Waals surface area (Å²) in [6, 6.07) is 0.348. The Hall–Kier alpha value is -0.370. The number of β-amino-alcohol motifs (C(OH)–C–C–N with tert-alkyl or cyclic N) is 1. The van der Waals surface area contributed by atoms with E-state index in [0.717, 1.165) is 26.1 Å². The van der Waals surface area contributed by atoms with Gasteiger partial charge in [0.25, 0.3) is 0 Å². The summed E-state index contributed by atoms with van der Waals surface area (Å²) in [5, 5.41) is 9.45. The second-order valence-electron chi connectivity index (χ2n) is 5.37. The van der Waals surface area contributed by atoms with Crippen LogP contribution in [0.4, 0.5) is 13.2 Å². The number of nitrogens with zero attached hydrogens (tertiary/aromatic N) is 2. The van der Waals surface area contributed by atoms with E-state index in [4.69, 9.17) is 0 Å². The molecule has 1 saturated heterocycles. The summed E-state index contributed by atoms with van der Waals surface area (Å²) in [6.07, 6.45) is -3.64. The summed E-state index contributed by atoms with van der Waals surface area (Å²) in [5.41, 5.74) is 0. The van der Waals surface area contributed by atoms with Crippen LogP contribution in [0.3, 0.4) is 0 Å². The molecule has 120 valence electrons. The molecule has 4 nitrogen and oxygen atoms in total. The van der Waals surface area contributed by atoms with Crippen molar-refractivity contribution >= 4 is 0 Å². The lowest BCUT2D eigenvalue weighted by Gasteiger charge is -2.41. The third-order valence-electron chi connectivity index (χ3n) is 3.48. The molecule has 1 heterocycles. The van der Waals surface area contributed by atoms with Crippen LogP contribution in [0.1, 0.15) is 20.3 Å². The van der Waals surface area contributed by atoms with Gasteiger partial charge in [-0.05, 0) is 13.3 Å². The number of hydrogen-bond acceptors (Lipinski definition) is 4. The number of halogens is 3. The van der Waals surface area contributed by atoms with Gasteiger partial charge >= 0.3 is 6.18 Å². The van der Waals surface area contributed by atoms with E-state index in [9.17, 15) is 18.3 Å². The highest BCUT2D eigenvalue weighted by molar-refractivity contribution is 4.82. The molecule has 0 amide bonds. The standard InChI is InChI=1S/C13H25F3N2O2/c1-3-12-9-17(4-5-18(12)8-11(2)19)6-7-20-10-13(14,15)16/h11-12,19H,3-10H2,1-2H3/t11-,12-/m0/s1. The lowest BCUT2D eigenvalue weighted by atomic mass is 10.1. The Morgan fingerprint density at radius 1 is 1.35 bits per heavy atom. The zero-order valence-electron chi connectivity index (χ0n) is 12.2. The van der Waals surface area contributed by atoms with Crippen molar-refractivity contribution in [1.29, 1.82) is 0 Å². The molecule has 1 aliphatic heterocycles. The normalized spacial score (nSPS) is 24.0. The maximum absolute atomic E-state index is 11.9. The maximum Gasteiger partial charge on any atom is 0.411 e. The van der Waals surface area contributed by atoms with Crippen LogP contribution in [-0.4, -0.2) is 79.2 Å². The monoisotopic (exact) mass is 298 g/mol. The number of rotatable bonds is 7. The second-order valence-corrected chi connectivity index (χ2v) is 5.37. The first kappa shape index (κ1) is 17.7. The highest BCUT2D eigenvalue weighted by atomic mass is 19.4. The average Bonchev–Trinajstić information content (AvgIpc) is 2.34. The van der Waals surface area contributed by atoms with E-state index in [0.29, 0.717) is 19.1 Å². The van der Waals surface area contributed by atoms with E-state index in [1.165, 1.54) is 0 Å². The van der Waals surface area contributed by atoms with Gasteiger partial charge in [-0.2, -0.15) is 13.2 Å². The van der Waals surface area contributed by atoms with E-state index in [-0.39, 0.29) is 12.7 Å². The first-order valence-corrected chi connectivity index (χ1v) is 7.10. The Balaban J connectivity index is 2.26. The van der Waals surface area contributed by atoms with Crippen LogP contribution in [-0.2, 0) is 4.74 Å². The molecule has 0 radical (unpaired) electrons. The first-order chi connectivity index (χ1) is 9.31. The molecule has 0 bridgehead atoms. The Morgan fingerprint density at radius 2 is 2.05 bits per heavy atom. The lowest BCUT2D eigenvalue weighted by Crippen LogP contribution is -2.54. The van der Waals surface area contributed by atoms with E-state index in [1.54, 1.807) is 6.92 Å². The van der Waals surface area contributed by atoms with Gasteiger partial charge in [-0.15, -0.1) is 0 Å². The molecule has 7 heteroatoms. The quantitative estimate of drug-likeness (QED) is 0.720. The van der Waals surface area contributed by atoms with Crippen molar-refractivity contribution in [2.24, 2.45) is 0 Å². The third kappa shape index (κ3) is 6.88. The van der Waals surface area contributed by atoms with Crippen molar-refractivity contribution < 1.29 is 23.0 Å². The van der Waals surface area contributed by atoms with Crippen LogP contribution < -0.4 is 0 Å². The zero-order valence-corrected chi connectivity index (χ0v) is 12.2. The molecule has 1 aliphatic rings. The van der Waals surface area contributed by atoms with Crippen LogP contribution in [0.2, 0.25) is 0 Å². The van der Waals surface area contributed by atoms with Gasteiger partial charge in [-0.3, -0.25) is 9.80 Å². The van der Waals surface area contributed by atoms with Crippen molar-refractivity contribution in [3.63, 3.8) is 0 Å². The van der Waals surface area contributed by atoms with Gasteiger partial charge in [0.05, 0.1) is 12.7 Å². The van der Waals surface area contributed by atoms with E-state index in [1.807, 2.05) is 0 Å². The number of ether oxygens (including phenoxy) is 1. The summed E-state index contributed by atoms with van der Waals surface area (Å²) in [4.78, 5) is 4.38. The topological polar surface area (TPSA) is 35.9 Å². The van der Waals surface area contributed by atoms with Gasteiger partial charge in [0.1, 0.15) is 6.61 Å². The molecule has 1 N–H and O–H groups in total. The molecule has 0 spiro atoms. The number of alkyl halides is 3. The van der Waals surface area contributed by atoms with E-state index < -0.39 is 12.8 Å². The molecule has 1 fully saturated rings. The minimum atomic E-state index is -4.25. The van der Waals surface area contributed by atoms with Crippen LogP contribution in [0.5, 0.6) is 0 Å². The van der Waals surface area contributed by atoms with Crippen molar-refractivity contribution in [3.05, 3.63) is 0 Å². The predicted molar refractivity (Wildman–Crippen MR) is 70.6 cm³/mol. The number of aliphatic hydroxyl groups is 1. The van der Waals surface area contributed by atoms with Crippen molar-refractivity contribution in [1.82, 2.24) is 9.80 Å². The van der Waals surface area contributed by atoms with Gasteiger partial charge in [-0.25, -0.2) is 0 Å². The summed E-state index contributed by atoms with van der Waals surface area (Å²) >= 11 is 0. The highest BCUT2D eigenvalue weighted by Crippen LogP contribution is 2.15. The second kappa shape index (κ2) is 8.17. The molecule has 0 aromatic heterocycles. The smallest absolute Gasteiger partial charge is 0.392 e. The molecule has 2 atom stereocenters. The van der Waals surface area contributed by atoms with Crippen molar-refractivity contribution in [2.75, 3.05) is 45.9 Å². The number of piperazine rings is 1. The van der Waals surface area contributed by atoms with Gasteiger partial charge < -0.3 is 9.84 Å². The SMILES string of the molecule is CC[C@H]1CN(CCOCC(F)(F)F)CCN1C[C@H](C)O. The maximum atomic E-state index is 11.9. The van der Waals surface area contributed by atoms with Crippen molar-refractivity contribution in [3.8, 4) is 0 Å². The minimum absolute atomic E-state index is 0.104. The average molecular weight is 298 g/mol. The van der Waals surface area contributed by atoms with Crippen molar-refractivity contribution in [2.45, 2.75) is 38.6 Å². The van der Waals surface area contributed by atoms with Gasteiger partial charge in [0, 0.05) is 38.8 Å². The molecule has 0 aromatic carbocycles. The van der Waals surface area contributed by atoms with E-state index in [2.05, 4.69) is 21.5 Å². The minimum Gasteiger partial charge on any atom is -0.392 e. The number of aliphatic hydroxyl groups excluding tert-OH is 1. The molecule has 1 rings (SSSR count). The molecule has 0 aliphatic carbocycles. The van der Waals surface area contributed by atoms with Crippen LogP contribution >= 0.6 is 0 Å². The largest absolute Gasteiger partial charge is 0.411 e. The Kier molecular flexibility index (Phi) is 7.22. The Labute approximate surface area is 118 Å². The summed E-state index contributed by atoms with van der Waals surface area (Å²) < 4.78 is 40.5. The van der Waals surface area contributed by atoms with Crippen LogP contribution in [0, 0.1) is 0 Å². The third-order valence-corrected chi connectivity index (χ3v) is 3.48. The van der Waals surface area contributed by atoms with Gasteiger partial charge in [-0.1, -0.05) is 6.92 Å². The fourth-order valence-corrected chi connectivity index (χ4v) is 2.51. The van der Waals surface area contributed by atoms with Gasteiger partial charge in [0.2, 0.25) is 0 Å². The van der Waals surface area contributed by atoms with Crippen LogP contribution in [0.25, 0.3) is 0 Å². The first-order valence-electron chi connectivity index (χ1n) is 7.10. The Bertz CT molecular complexity index is 275. The number of hydrogen-bond donors (Lipinski definition) is 1. The summed E-state index contributed by atoms with van der Waals surface area (Å²) in [5.74, 6) is 0. The molecular weight excluding hydrogens is 273 g/mol. The molecule has 0 saturated carbocycles. The molecule has 0 unspecified atom stereocenters. The van der Waals surface area contributed by atoms with E-state index >= 15 is 0 Å². The van der Waals surface area contributed by atoms with Crippen LogP contribution in [0.15, 0.2) is 0 Å². The zero-order chi connectivity index (χ0) is 15.2. The highest BCUT2D eigenvalue weighted by Gasteiger charge is 2.28. The fourth-order valence-electron chi connectivity index (χ4n) is 2.51. The molecular formula is C13H25F3N2O2. The Morgan fingerprint density at radius 3 is 2.60 bits per heavy atom. The predicted octanol–water partition coefficient (Wildman–Crippen LogP) is 1.34. The lowest BCUT2D eigenvalue weighted by molar-refractivity contribution is -0.174. The molecule has 0 aromatic rings. The fraction of sp³-hybridized carbons (Fsp3) is 1.00. The summed E-state index contributed by atoms with van der Waals surface area (Å²) in [6.45, 7) is 6.41.